The third kappa shape index (κ3) is 7.81. The van der Waals surface area contributed by atoms with Crippen molar-refractivity contribution in [3.05, 3.63) is 108 Å². The normalized spacial score (nSPS) is 11.9. The van der Waals surface area contributed by atoms with Gasteiger partial charge in [0, 0.05) is 35.9 Å². The van der Waals surface area contributed by atoms with Gasteiger partial charge in [-0.1, -0.05) is 24.3 Å². The highest BCUT2D eigenvalue weighted by Crippen LogP contribution is 2.13. The van der Waals surface area contributed by atoms with Crippen LogP contribution in [0, 0.1) is 0 Å². The van der Waals surface area contributed by atoms with Crippen LogP contribution in [0.25, 0.3) is 0 Å². The summed E-state index contributed by atoms with van der Waals surface area (Å²) in [7, 11) is 0. The predicted octanol–water partition coefficient (Wildman–Crippen LogP) is 1.84. The van der Waals surface area contributed by atoms with Crippen LogP contribution in [0.1, 0.15) is 22.5 Å². The molecule has 0 aliphatic carbocycles. The van der Waals surface area contributed by atoms with Gasteiger partial charge in [-0.15, -0.1) is 10.2 Å². The highest BCUT2D eigenvalue weighted by molar-refractivity contribution is 5.96. The molecule has 0 aliphatic rings. The van der Waals surface area contributed by atoms with E-state index in [1.807, 2.05) is 0 Å². The molecule has 4 rings (SSSR count). The maximum absolute atomic E-state index is 9.50. The number of nitrogens with two attached hydrogens (primary N) is 2. The van der Waals surface area contributed by atoms with Crippen molar-refractivity contribution in [2.24, 2.45) is 31.9 Å². The zero-order chi connectivity index (χ0) is 25.6. The zero-order valence-corrected chi connectivity index (χ0v) is 18.9. The third-order valence-electron chi connectivity index (χ3n) is 4.25. The molecule has 12 nitrogen and oxygen atoms in total. The summed E-state index contributed by atoms with van der Waals surface area (Å²) in [6.07, 6.45) is 11.9. The zero-order valence-electron chi connectivity index (χ0n) is 18.9. The summed E-state index contributed by atoms with van der Waals surface area (Å²) in [5, 5.41) is 34.1. The molecule has 0 bridgehead atoms. The first-order valence-electron chi connectivity index (χ1n) is 10.4. The van der Waals surface area contributed by atoms with Crippen LogP contribution in [0.2, 0.25) is 0 Å². The Morgan fingerprint density at radius 2 is 1.06 bits per heavy atom. The average Bonchev–Trinajstić information content (AvgIpc) is 2.92. The number of phenolic OH excluding ortho intramolecular Hbond substituents is 2. The van der Waals surface area contributed by atoms with E-state index in [1.54, 1.807) is 60.9 Å². The van der Waals surface area contributed by atoms with Crippen LogP contribution in [0.3, 0.4) is 0 Å². The fraction of sp³-hybridized carbons (Fsp3) is 0. The van der Waals surface area contributed by atoms with E-state index in [9.17, 15) is 10.2 Å². The largest absolute Gasteiger partial charge is 0.507 e. The summed E-state index contributed by atoms with van der Waals surface area (Å²) < 4.78 is 0. The maximum Gasteiger partial charge on any atom is 0.173 e. The van der Waals surface area contributed by atoms with Crippen molar-refractivity contribution >= 4 is 24.1 Å². The molecule has 12 heteroatoms. The molecule has 4 aromatic rings. The monoisotopic (exact) mass is 482 g/mol. The quantitative estimate of drug-likeness (QED) is 0.181. The first kappa shape index (κ1) is 25.1. The second kappa shape index (κ2) is 13.3. The lowest BCUT2D eigenvalue weighted by Crippen LogP contribution is -2.14. The number of aromatic nitrogens is 4. The Labute approximate surface area is 206 Å². The second-order valence-electron chi connectivity index (χ2n) is 6.76. The minimum atomic E-state index is 0.134. The molecular weight excluding hydrogens is 460 g/mol. The van der Waals surface area contributed by atoms with Gasteiger partial charge < -0.3 is 21.7 Å². The van der Waals surface area contributed by atoms with Crippen LogP contribution in [-0.2, 0) is 0 Å². The molecule has 6 N–H and O–H groups in total. The van der Waals surface area contributed by atoms with E-state index in [0.29, 0.717) is 22.5 Å². The lowest BCUT2D eigenvalue weighted by atomic mass is 10.2. The number of rotatable bonds is 6. The molecule has 36 heavy (non-hydrogen) atoms. The Morgan fingerprint density at radius 1 is 0.639 bits per heavy atom. The minimum absolute atomic E-state index is 0.134. The van der Waals surface area contributed by atoms with Crippen LogP contribution in [0.5, 0.6) is 11.5 Å². The molecule has 0 spiro atoms. The van der Waals surface area contributed by atoms with Gasteiger partial charge in [0.1, 0.15) is 22.9 Å². The fourth-order valence-corrected chi connectivity index (χ4v) is 2.47. The molecule has 0 amide bonds. The van der Waals surface area contributed by atoms with Gasteiger partial charge in [-0.25, -0.2) is 9.97 Å². The van der Waals surface area contributed by atoms with Crippen molar-refractivity contribution in [2.45, 2.75) is 0 Å². The van der Waals surface area contributed by atoms with Crippen LogP contribution in [-0.4, -0.2) is 54.2 Å². The topological polar surface area (TPSA) is 194 Å². The summed E-state index contributed by atoms with van der Waals surface area (Å²) in [4.78, 5) is 15.7. The first-order valence-corrected chi connectivity index (χ1v) is 10.4. The van der Waals surface area contributed by atoms with E-state index >= 15 is 0 Å². The van der Waals surface area contributed by atoms with Crippen molar-refractivity contribution in [3.63, 3.8) is 0 Å². The SMILES string of the molecule is N/C(=N\N=C\c1ccccc1O)c1cnccn1.N/C(=N\N=C\c1ccccc1O)c1cnccn1. The number of aromatic hydroxyl groups is 2. The van der Waals surface area contributed by atoms with E-state index in [4.69, 9.17) is 11.5 Å². The molecule has 0 fully saturated rings. The van der Waals surface area contributed by atoms with Gasteiger partial charge in [0.15, 0.2) is 11.7 Å². The highest BCUT2D eigenvalue weighted by Gasteiger charge is 1.99. The van der Waals surface area contributed by atoms with E-state index in [2.05, 4.69) is 40.3 Å². The Bertz CT molecular complexity index is 1270. The number of hydrogen-bond acceptors (Lipinski definition) is 10. The molecule has 0 aliphatic heterocycles. The summed E-state index contributed by atoms with van der Waals surface area (Å²) in [5.74, 6) is 0.591. The van der Waals surface area contributed by atoms with Gasteiger partial charge in [-0.3, -0.25) is 9.97 Å². The molecule has 2 aromatic heterocycles. The molecule has 2 heterocycles. The van der Waals surface area contributed by atoms with E-state index < -0.39 is 0 Å². The van der Waals surface area contributed by atoms with Gasteiger partial charge in [0.25, 0.3) is 0 Å². The van der Waals surface area contributed by atoms with E-state index in [-0.39, 0.29) is 23.2 Å². The Balaban J connectivity index is 0.000000201. The van der Waals surface area contributed by atoms with Crippen LogP contribution < -0.4 is 11.5 Å². The van der Waals surface area contributed by atoms with Crippen molar-refractivity contribution < 1.29 is 10.2 Å². The maximum atomic E-state index is 9.50. The van der Waals surface area contributed by atoms with Gasteiger partial charge >= 0.3 is 0 Å². The van der Waals surface area contributed by atoms with Crippen molar-refractivity contribution in [1.82, 2.24) is 19.9 Å². The molecule has 0 radical (unpaired) electrons. The summed E-state index contributed by atoms with van der Waals surface area (Å²) in [6, 6.07) is 13.6. The van der Waals surface area contributed by atoms with Crippen LogP contribution in [0.15, 0.2) is 106 Å². The number of nitrogens with zero attached hydrogens (tertiary/aromatic N) is 8. The van der Waals surface area contributed by atoms with Crippen molar-refractivity contribution in [3.8, 4) is 11.5 Å². The third-order valence-corrected chi connectivity index (χ3v) is 4.25. The first-order chi connectivity index (χ1) is 17.5. The smallest absolute Gasteiger partial charge is 0.173 e. The molecule has 180 valence electrons. The number of para-hydroxylation sites is 2. The average molecular weight is 483 g/mol. The number of phenols is 2. The van der Waals surface area contributed by atoms with Crippen LogP contribution >= 0.6 is 0 Å². The Kier molecular flexibility index (Phi) is 9.24. The molecular formula is C24H22N10O2. The Morgan fingerprint density at radius 3 is 1.42 bits per heavy atom. The van der Waals surface area contributed by atoms with Gasteiger partial charge in [-0.05, 0) is 24.3 Å². The minimum Gasteiger partial charge on any atom is -0.507 e. The molecule has 0 saturated heterocycles. The van der Waals surface area contributed by atoms with Crippen LogP contribution in [0.4, 0.5) is 0 Å². The summed E-state index contributed by atoms with van der Waals surface area (Å²) in [6.45, 7) is 0. The van der Waals surface area contributed by atoms with Gasteiger partial charge in [-0.2, -0.15) is 10.2 Å². The summed E-state index contributed by atoms with van der Waals surface area (Å²) in [5.41, 5.74) is 13.4. The number of benzene rings is 2. The molecule has 0 unspecified atom stereocenters. The molecule has 0 saturated carbocycles. The molecule has 2 aromatic carbocycles. The van der Waals surface area contributed by atoms with Crippen molar-refractivity contribution in [2.75, 3.05) is 0 Å². The van der Waals surface area contributed by atoms with Gasteiger partial charge in [0.2, 0.25) is 0 Å². The lowest BCUT2D eigenvalue weighted by molar-refractivity contribution is 0.474. The predicted molar refractivity (Wildman–Crippen MR) is 137 cm³/mol. The standard InChI is InChI=1S/2C12H11N5O/c2*13-12(10-8-14-5-6-15-10)17-16-7-9-3-1-2-4-11(9)18/h2*1-8,18H,(H2,13,17)/b2*16-7+. The van der Waals surface area contributed by atoms with E-state index in [0.717, 1.165) is 0 Å². The van der Waals surface area contributed by atoms with Crippen molar-refractivity contribution in [1.29, 1.82) is 0 Å². The summed E-state index contributed by atoms with van der Waals surface area (Å²) >= 11 is 0. The second-order valence-corrected chi connectivity index (χ2v) is 6.76. The Hall–Kier alpha value is -5.52. The lowest BCUT2D eigenvalue weighted by Gasteiger charge is -1.96. The number of amidine groups is 2. The fourth-order valence-electron chi connectivity index (χ4n) is 2.47. The number of hydrogen-bond donors (Lipinski definition) is 4. The van der Waals surface area contributed by atoms with E-state index in [1.165, 1.54) is 37.2 Å². The van der Waals surface area contributed by atoms with Gasteiger partial charge in [0.05, 0.1) is 24.8 Å². The molecule has 0 atom stereocenters. The highest BCUT2D eigenvalue weighted by atomic mass is 16.3.